The predicted octanol–water partition coefficient (Wildman–Crippen LogP) is 4.11. The van der Waals surface area contributed by atoms with Gasteiger partial charge in [0.15, 0.2) is 16.3 Å². The fraction of sp³-hybridized carbons (Fsp3) is 0.400. The van der Waals surface area contributed by atoms with Crippen LogP contribution in [-0.4, -0.2) is 55.5 Å². The molecular formula is C25H29N3O3S. The van der Waals surface area contributed by atoms with Gasteiger partial charge in [0.05, 0.1) is 24.6 Å². The summed E-state index contributed by atoms with van der Waals surface area (Å²) in [6.07, 6.45) is 1.03. The molecule has 2 aliphatic heterocycles. The van der Waals surface area contributed by atoms with Gasteiger partial charge >= 0.3 is 0 Å². The Labute approximate surface area is 192 Å². The minimum atomic E-state index is 0.589. The first-order valence-electron chi connectivity index (χ1n) is 11.3. The van der Waals surface area contributed by atoms with Crippen LogP contribution < -0.4 is 14.3 Å². The van der Waals surface area contributed by atoms with Crippen molar-refractivity contribution in [2.45, 2.75) is 19.9 Å². The third kappa shape index (κ3) is 4.75. The van der Waals surface area contributed by atoms with Crippen molar-refractivity contribution in [2.75, 3.05) is 46.1 Å². The maximum atomic E-state index is 5.83. The van der Waals surface area contributed by atoms with Gasteiger partial charge in [0.2, 0.25) is 0 Å². The fourth-order valence-electron chi connectivity index (χ4n) is 4.05. The molecule has 0 atom stereocenters. The van der Waals surface area contributed by atoms with E-state index in [0.717, 1.165) is 79.1 Å². The van der Waals surface area contributed by atoms with Crippen LogP contribution in [0.5, 0.6) is 11.5 Å². The second-order valence-corrected chi connectivity index (χ2v) is 8.84. The van der Waals surface area contributed by atoms with Crippen LogP contribution >= 0.6 is 11.3 Å². The van der Waals surface area contributed by atoms with Crippen LogP contribution in [0.4, 0.5) is 5.69 Å². The van der Waals surface area contributed by atoms with E-state index < -0.39 is 0 Å². The molecule has 5 rings (SSSR count). The molecule has 3 aromatic rings. The number of thiazole rings is 1. The highest BCUT2D eigenvalue weighted by Gasteiger charge is 2.16. The van der Waals surface area contributed by atoms with E-state index >= 15 is 0 Å². The van der Waals surface area contributed by atoms with Crippen LogP contribution in [0.3, 0.4) is 0 Å². The van der Waals surface area contributed by atoms with Crippen LogP contribution in [0.1, 0.15) is 12.5 Å². The van der Waals surface area contributed by atoms with E-state index in [9.17, 15) is 0 Å². The van der Waals surface area contributed by atoms with Crippen LogP contribution in [0.15, 0.2) is 52.8 Å². The normalized spacial score (nSPS) is 17.0. The molecule has 0 saturated carbocycles. The van der Waals surface area contributed by atoms with Gasteiger partial charge in [0.25, 0.3) is 0 Å². The molecule has 0 radical (unpaired) electrons. The Morgan fingerprint density at radius 2 is 1.69 bits per heavy atom. The molecule has 7 heteroatoms. The first-order chi connectivity index (χ1) is 15.8. The molecule has 3 heterocycles. The van der Waals surface area contributed by atoms with Gasteiger partial charge in [-0.15, -0.1) is 11.3 Å². The minimum absolute atomic E-state index is 0.589. The van der Waals surface area contributed by atoms with Crippen LogP contribution in [0.25, 0.3) is 11.3 Å². The zero-order valence-corrected chi connectivity index (χ0v) is 19.3. The van der Waals surface area contributed by atoms with Gasteiger partial charge in [-0.05, 0) is 42.3 Å². The topological polar surface area (TPSA) is 48.2 Å². The van der Waals surface area contributed by atoms with Crippen molar-refractivity contribution in [1.82, 2.24) is 9.47 Å². The van der Waals surface area contributed by atoms with Gasteiger partial charge in [-0.25, -0.2) is 4.99 Å². The number of rotatable bonds is 6. The summed E-state index contributed by atoms with van der Waals surface area (Å²) in [5.41, 5.74) is 4.59. The van der Waals surface area contributed by atoms with Crippen LogP contribution in [-0.2, 0) is 17.7 Å². The highest BCUT2D eigenvalue weighted by Crippen LogP contribution is 2.34. The van der Waals surface area contributed by atoms with E-state index in [0.29, 0.717) is 13.2 Å². The van der Waals surface area contributed by atoms with Gasteiger partial charge < -0.3 is 18.8 Å². The summed E-state index contributed by atoms with van der Waals surface area (Å²) in [5, 5.41) is 2.20. The quantitative estimate of drug-likeness (QED) is 0.566. The lowest BCUT2D eigenvalue weighted by molar-refractivity contribution is 0.0363. The van der Waals surface area contributed by atoms with Crippen molar-refractivity contribution in [3.05, 3.63) is 58.2 Å². The van der Waals surface area contributed by atoms with E-state index in [4.69, 9.17) is 19.2 Å². The molecule has 0 bridgehead atoms. The highest BCUT2D eigenvalue weighted by molar-refractivity contribution is 7.07. The smallest absolute Gasteiger partial charge is 0.190 e. The van der Waals surface area contributed by atoms with Crippen molar-refractivity contribution < 1.29 is 14.2 Å². The first-order valence-corrected chi connectivity index (χ1v) is 12.2. The molecule has 1 saturated heterocycles. The largest absolute Gasteiger partial charge is 0.486 e. The van der Waals surface area contributed by atoms with Crippen molar-refractivity contribution in [3.8, 4) is 22.8 Å². The molecule has 0 aliphatic carbocycles. The number of hydrogen-bond donors (Lipinski definition) is 0. The van der Waals surface area contributed by atoms with Crippen molar-refractivity contribution >= 4 is 17.0 Å². The molecule has 2 aromatic carbocycles. The van der Waals surface area contributed by atoms with E-state index in [1.165, 1.54) is 5.56 Å². The Hall–Kier alpha value is -2.61. The summed E-state index contributed by atoms with van der Waals surface area (Å²) in [7, 11) is 0. The van der Waals surface area contributed by atoms with E-state index in [1.807, 2.05) is 6.07 Å². The van der Waals surface area contributed by atoms with E-state index in [-0.39, 0.29) is 0 Å². The van der Waals surface area contributed by atoms with Gasteiger partial charge in [-0.2, -0.15) is 0 Å². The Morgan fingerprint density at radius 3 is 2.47 bits per heavy atom. The monoisotopic (exact) mass is 451 g/mol. The Morgan fingerprint density at radius 1 is 0.906 bits per heavy atom. The lowest BCUT2D eigenvalue weighted by atomic mass is 10.1. The molecule has 0 unspecified atom stereocenters. The number of aryl methyl sites for hydroxylation is 1. The van der Waals surface area contributed by atoms with Crippen LogP contribution in [0.2, 0.25) is 0 Å². The highest BCUT2D eigenvalue weighted by atomic mass is 32.1. The second kappa shape index (κ2) is 9.90. The first kappa shape index (κ1) is 21.2. The minimum Gasteiger partial charge on any atom is -0.486 e. The molecule has 1 fully saturated rings. The molecule has 32 heavy (non-hydrogen) atoms. The summed E-state index contributed by atoms with van der Waals surface area (Å²) in [5.74, 6) is 1.63. The Kier molecular flexibility index (Phi) is 6.57. The summed E-state index contributed by atoms with van der Waals surface area (Å²) in [4.78, 5) is 8.46. The Bertz CT molecular complexity index is 1110. The second-order valence-electron chi connectivity index (χ2n) is 8.00. The van der Waals surface area contributed by atoms with Crippen molar-refractivity contribution in [1.29, 1.82) is 0 Å². The van der Waals surface area contributed by atoms with Crippen molar-refractivity contribution in [3.63, 3.8) is 0 Å². The van der Waals surface area contributed by atoms with Crippen LogP contribution in [0, 0.1) is 0 Å². The van der Waals surface area contributed by atoms with Gasteiger partial charge in [0.1, 0.15) is 13.2 Å². The maximum Gasteiger partial charge on any atom is 0.190 e. The summed E-state index contributed by atoms with van der Waals surface area (Å²) in [6.45, 7) is 8.79. The molecule has 1 aromatic heterocycles. The zero-order chi connectivity index (χ0) is 21.8. The predicted molar refractivity (Wildman–Crippen MR) is 127 cm³/mol. The van der Waals surface area contributed by atoms with Crippen molar-refractivity contribution in [2.24, 2.45) is 4.99 Å². The lowest BCUT2D eigenvalue weighted by Gasteiger charge is -2.27. The SMILES string of the molecule is CCc1ccc(N=c2scc(-c3ccc4c(c3)OCCO4)n2CCN2CCOCC2)cc1. The average Bonchev–Trinajstić information content (AvgIpc) is 3.25. The molecule has 0 amide bonds. The van der Waals surface area contributed by atoms with E-state index in [2.05, 4.69) is 58.2 Å². The van der Waals surface area contributed by atoms with Gasteiger partial charge in [-0.1, -0.05) is 19.1 Å². The standard InChI is InChI=1S/C25H29N3O3S/c1-2-19-3-6-21(7-4-19)26-25-28(10-9-27-11-13-29-14-12-27)22(18-32-25)20-5-8-23-24(17-20)31-16-15-30-23/h3-8,17-18H,2,9-16H2,1H3. The zero-order valence-electron chi connectivity index (χ0n) is 18.5. The number of ether oxygens (including phenoxy) is 3. The number of fused-ring (bicyclic) bond motifs is 1. The molecule has 0 spiro atoms. The third-order valence-electron chi connectivity index (χ3n) is 5.95. The number of morpholine rings is 1. The molecule has 0 N–H and O–H groups in total. The number of nitrogens with zero attached hydrogens (tertiary/aromatic N) is 3. The Balaban J connectivity index is 1.50. The van der Waals surface area contributed by atoms with E-state index in [1.54, 1.807) is 11.3 Å². The fourth-order valence-corrected chi connectivity index (χ4v) is 5.01. The summed E-state index contributed by atoms with van der Waals surface area (Å²) in [6, 6.07) is 14.7. The number of aromatic nitrogens is 1. The van der Waals surface area contributed by atoms with Gasteiger partial charge in [0, 0.05) is 37.1 Å². The maximum absolute atomic E-state index is 5.83. The summed E-state index contributed by atoms with van der Waals surface area (Å²) >= 11 is 1.68. The third-order valence-corrected chi connectivity index (χ3v) is 6.81. The number of benzene rings is 2. The molecule has 168 valence electrons. The number of hydrogen-bond acceptors (Lipinski definition) is 6. The average molecular weight is 452 g/mol. The lowest BCUT2D eigenvalue weighted by Crippen LogP contribution is -2.39. The van der Waals surface area contributed by atoms with Gasteiger partial charge in [-0.3, -0.25) is 4.90 Å². The summed E-state index contributed by atoms with van der Waals surface area (Å²) < 4.78 is 19.4. The molecule has 2 aliphatic rings. The molecule has 6 nitrogen and oxygen atoms in total. The molecular weight excluding hydrogens is 422 g/mol.